The quantitative estimate of drug-likeness (QED) is 0.0742. The molecule has 1 saturated heterocycles. The molecule has 0 bridgehead atoms. The summed E-state index contributed by atoms with van der Waals surface area (Å²) in [6.45, 7) is 12.4. The van der Waals surface area contributed by atoms with Crippen LogP contribution in [0.4, 0.5) is 0 Å². The number of allylic oxidation sites excluding steroid dienone is 1. The fourth-order valence-corrected chi connectivity index (χ4v) is 13.7. The van der Waals surface area contributed by atoms with E-state index in [2.05, 4.69) is 32.0 Å². The van der Waals surface area contributed by atoms with Crippen LogP contribution in [-0.2, 0) is 28.7 Å². The smallest absolute Gasteiger partial charge is 0.306 e. The molecule has 0 aromatic rings. The average molecular weight is 767 g/mol. The van der Waals surface area contributed by atoms with Gasteiger partial charge in [-0.05, 0) is 135 Å². The highest BCUT2D eigenvalue weighted by atomic mass is 32.2. The molecule has 12 atom stereocenters. The van der Waals surface area contributed by atoms with Gasteiger partial charge in [-0.25, -0.2) is 0 Å². The number of ether oxygens (including phenoxy) is 2. The predicted octanol–water partition coefficient (Wildman–Crippen LogP) is 7.06. The number of fused-ring (bicyclic) bond motifs is 6. The van der Waals surface area contributed by atoms with Crippen molar-refractivity contribution in [2.24, 2.45) is 52.3 Å². The van der Waals surface area contributed by atoms with Crippen LogP contribution in [0.2, 0.25) is 0 Å². The maximum Gasteiger partial charge on any atom is 0.306 e. The Labute approximate surface area is 328 Å². The van der Waals surface area contributed by atoms with E-state index in [0.29, 0.717) is 59.7 Å². The molecule has 2 N–H and O–H groups in total. The molecule has 6 aliphatic rings. The molecule has 4 saturated carbocycles. The van der Waals surface area contributed by atoms with Crippen LogP contribution in [0, 0.1) is 64.6 Å². The first-order valence-electron chi connectivity index (χ1n) is 21.1. The van der Waals surface area contributed by atoms with Gasteiger partial charge in [0, 0.05) is 38.0 Å². The molecule has 5 fully saturated rings. The second-order valence-electron chi connectivity index (χ2n) is 18.4. The molecule has 9 nitrogen and oxygen atoms in total. The molecular formula is C44H66N2O7S. The Morgan fingerprint density at radius 2 is 1.80 bits per heavy atom. The fourth-order valence-electron chi connectivity index (χ4n) is 12.4. The number of nitrogens with zero attached hydrogens (tertiary/aromatic N) is 1. The second-order valence-corrected chi connectivity index (χ2v) is 19.5. The third kappa shape index (κ3) is 8.21. The molecule has 12 unspecified atom stereocenters. The zero-order valence-electron chi connectivity index (χ0n) is 33.5. The Kier molecular flexibility index (Phi) is 13.3. The maximum absolute atomic E-state index is 13.7. The number of rotatable bonds is 16. The monoisotopic (exact) mass is 766 g/mol. The van der Waals surface area contributed by atoms with E-state index in [1.807, 2.05) is 13.8 Å². The van der Waals surface area contributed by atoms with E-state index in [0.717, 1.165) is 49.0 Å². The van der Waals surface area contributed by atoms with Crippen LogP contribution in [0.1, 0.15) is 131 Å². The van der Waals surface area contributed by atoms with Crippen LogP contribution in [0.15, 0.2) is 11.3 Å². The van der Waals surface area contributed by atoms with Crippen molar-refractivity contribution in [1.29, 1.82) is 0 Å². The zero-order chi connectivity index (χ0) is 38.8. The minimum Gasteiger partial charge on any atom is -0.463 e. The summed E-state index contributed by atoms with van der Waals surface area (Å²) in [7, 11) is 0. The lowest BCUT2D eigenvalue weighted by molar-refractivity contribution is -0.148. The number of Topliss-reactive ketones (excluding diaryl/α,β-unsaturated/α-hetero) is 1. The molecule has 0 spiro atoms. The van der Waals surface area contributed by atoms with Crippen molar-refractivity contribution >= 4 is 35.3 Å². The van der Waals surface area contributed by atoms with Crippen LogP contribution in [0.25, 0.3) is 0 Å². The van der Waals surface area contributed by atoms with E-state index in [9.17, 15) is 24.3 Å². The molecule has 2 aliphatic heterocycles. The maximum atomic E-state index is 13.7. The number of terminal acetylenes is 1. The van der Waals surface area contributed by atoms with Gasteiger partial charge in [0.25, 0.3) is 5.91 Å². The number of hydrogen-bond donors (Lipinski definition) is 2. The summed E-state index contributed by atoms with van der Waals surface area (Å²) < 4.78 is 10.7. The number of hydrogen-bond acceptors (Lipinski definition) is 8. The van der Waals surface area contributed by atoms with Crippen molar-refractivity contribution in [3.63, 3.8) is 0 Å². The van der Waals surface area contributed by atoms with Crippen LogP contribution in [0.5, 0.6) is 0 Å². The highest BCUT2D eigenvalue weighted by Crippen LogP contribution is 2.68. The molecule has 54 heavy (non-hydrogen) atoms. The molecule has 300 valence electrons. The lowest BCUT2D eigenvalue weighted by Crippen LogP contribution is -2.70. The lowest BCUT2D eigenvalue weighted by atomic mass is 9.44. The number of aliphatic hydroxyl groups excluding tert-OH is 1. The number of ketones is 1. The van der Waals surface area contributed by atoms with Gasteiger partial charge >= 0.3 is 5.97 Å². The topological polar surface area (TPSA) is 122 Å². The Morgan fingerprint density at radius 1 is 1.04 bits per heavy atom. The molecular weight excluding hydrogens is 701 g/mol. The number of thioether (sulfide) groups is 1. The molecule has 4 aliphatic carbocycles. The largest absolute Gasteiger partial charge is 0.463 e. The number of esters is 1. The van der Waals surface area contributed by atoms with E-state index >= 15 is 0 Å². The molecule has 2 heterocycles. The molecule has 2 amide bonds. The summed E-state index contributed by atoms with van der Waals surface area (Å²) in [6.07, 6.45) is 18.7. The number of carbonyl (C=O) groups excluding carboxylic acids is 4. The minimum atomic E-state index is -0.652. The Balaban J connectivity index is 0.985. The SMILES string of the molecule is C#CCC(CC(=O)OCCOCCC)CC(=O)C1=C(C)CSC2C(NC(=O)CCC(C)C3CCC4C5CCC6CC(O)CCC6(C)C5CCC34C)C(=O)N12. The molecule has 6 rings (SSSR count). The van der Waals surface area contributed by atoms with Crippen LogP contribution >= 0.6 is 11.8 Å². The molecule has 10 heteroatoms. The van der Waals surface area contributed by atoms with Gasteiger partial charge in [0.2, 0.25) is 5.91 Å². The van der Waals surface area contributed by atoms with Gasteiger partial charge in [-0.15, -0.1) is 24.1 Å². The third-order valence-electron chi connectivity index (χ3n) is 15.1. The van der Waals surface area contributed by atoms with Crippen molar-refractivity contribution in [1.82, 2.24) is 10.2 Å². The summed E-state index contributed by atoms with van der Waals surface area (Å²) in [5.74, 6) is 5.82. The summed E-state index contributed by atoms with van der Waals surface area (Å²) in [5, 5.41) is 13.1. The molecule has 0 aromatic carbocycles. The first-order chi connectivity index (χ1) is 25.8. The normalized spacial score (nSPS) is 36.8. The van der Waals surface area contributed by atoms with Crippen LogP contribution in [-0.4, -0.2) is 76.7 Å². The van der Waals surface area contributed by atoms with Crippen LogP contribution < -0.4 is 5.32 Å². The molecule has 0 aromatic heterocycles. The van der Waals surface area contributed by atoms with Crippen molar-refractivity contribution in [3.8, 4) is 12.3 Å². The number of β-lactam (4-membered cyclic amide) rings is 1. The summed E-state index contributed by atoms with van der Waals surface area (Å²) in [5.41, 5.74) is 1.89. The zero-order valence-corrected chi connectivity index (χ0v) is 34.4. The summed E-state index contributed by atoms with van der Waals surface area (Å²) >= 11 is 1.57. The summed E-state index contributed by atoms with van der Waals surface area (Å²) in [6, 6.07) is -0.652. The standard InChI is InChI=1S/C44H66N2O7S/c1-7-9-29(24-38(50)53-22-21-52-20-8-2)23-36(48)40-28(4)26-54-42-39(41(51)46(40)42)45-37(49)15-10-27(3)33-13-14-34-32-12-11-30-25-31(47)16-18-43(30,5)35(32)17-19-44(33,34)6/h1,27,29-35,39,42,47H,8-26H2,2-6H3,(H,45,49). The van der Waals surface area contributed by atoms with E-state index < -0.39 is 17.9 Å². The number of amides is 2. The third-order valence-corrected chi connectivity index (χ3v) is 16.6. The predicted molar refractivity (Wildman–Crippen MR) is 211 cm³/mol. The van der Waals surface area contributed by atoms with Gasteiger partial charge in [0.05, 0.1) is 18.4 Å². The fraction of sp³-hybridized carbons (Fsp3) is 0.818. The number of aliphatic hydroxyl groups is 1. The van der Waals surface area contributed by atoms with Gasteiger partial charge < -0.3 is 19.9 Å². The van der Waals surface area contributed by atoms with E-state index in [1.54, 1.807) is 16.7 Å². The first-order valence-corrected chi connectivity index (χ1v) is 22.2. The first kappa shape index (κ1) is 41.3. The van der Waals surface area contributed by atoms with Crippen molar-refractivity contribution < 1.29 is 33.8 Å². The Hall–Kier alpha value is -2.35. The number of nitrogens with one attached hydrogen (secondary N) is 1. The van der Waals surface area contributed by atoms with Crippen LogP contribution in [0.3, 0.4) is 0 Å². The second kappa shape index (κ2) is 17.4. The van der Waals surface area contributed by atoms with Gasteiger partial charge in [0.15, 0.2) is 5.78 Å². The highest BCUT2D eigenvalue weighted by Gasteiger charge is 2.60. The Morgan fingerprint density at radius 3 is 2.56 bits per heavy atom. The molecule has 0 radical (unpaired) electrons. The lowest BCUT2D eigenvalue weighted by Gasteiger charge is -2.61. The average Bonchev–Trinajstić information content (AvgIpc) is 3.50. The van der Waals surface area contributed by atoms with E-state index in [4.69, 9.17) is 15.9 Å². The van der Waals surface area contributed by atoms with Gasteiger partial charge in [-0.1, -0.05) is 27.7 Å². The van der Waals surface area contributed by atoms with Crippen molar-refractivity contribution in [2.75, 3.05) is 25.6 Å². The highest BCUT2D eigenvalue weighted by molar-refractivity contribution is 8.00. The van der Waals surface area contributed by atoms with Gasteiger partial charge in [-0.3, -0.25) is 24.1 Å². The van der Waals surface area contributed by atoms with Crippen molar-refractivity contribution in [2.45, 2.75) is 148 Å². The van der Waals surface area contributed by atoms with Gasteiger partial charge in [-0.2, -0.15) is 0 Å². The van der Waals surface area contributed by atoms with E-state index in [-0.39, 0.29) is 54.9 Å². The van der Waals surface area contributed by atoms with E-state index in [1.165, 1.54) is 44.9 Å². The Bertz CT molecular complexity index is 1490. The minimum absolute atomic E-state index is 0.0205. The number of carbonyl (C=O) groups is 4. The van der Waals surface area contributed by atoms with Gasteiger partial charge in [0.1, 0.15) is 18.0 Å². The summed E-state index contributed by atoms with van der Waals surface area (Å²) in [4.78, 5) is 54.6. The van der Waals surface area contributed by atoms with Crippen molar-refractivity contribution in [3.05, 3.63) is 11.3 Å².